The molecule has 4 aromatic rings. The number of hydrogen-bond donors (Lipinski definition) is 0. The van der Waals surface area contributed by atoms with Crippen LogP contribution in [0.4, 0.5) is 11.4 Å². The third-order valence-electron chi connectivity index (χ3n) is 7.91. The standard InChI is InChI=1S/C37H36N3/c1-38(2)28-19-17-27(18-20-28)37-33-21-29(25-13-9-7-10-14-25)35(39(3)4)23-31(33)32-24-36(40(5)6)30(22-34(32)37)26-15-11-8-12-16-26/h7-24H,1-6H3/q+1. The molecule has 0 aliphatic heterocycles. The van der Waals surface area contributed by atoms with Gasteiger partial charge in [0, 0.05) is 51.2 Å². The summed E-state index contributed by atoms with van der Waals surface area (Å²) in [6.07, 6.45) is 4.80. The van der Waals surface area contributed by atoms with Crippen LogP contribution in [0.3, 0.4) is 0 Å². The average molecular weight is 523 g/mol. The zero-order valence-electron chi connectivity index (χ0n) is 24.2. The highest BCUT2D eigenvalue weighted by atomic mass is 15.1. The molecule has 40 heavy (non-hydrogen) atoms. The Kier molecular flexibility index (Phi) is 6.51. The van der Waals surface area contributed by atoms with Gasteiger partial charge in [-0.15, -0.1) is 0 Å². The minimum atomic E-state index is 1.20. The second kappa shape index (κ2) is 10.2. The van der Waals surface area contributed by atoms with E-state index in [0.717, 1.165) is 0 Å². The van der Waals surface area contributed by atoms with Crippen molar-refractivity contribution < 1.29 is 4.58 Å². The summed E-state index contributed by atoms with van der Waals surface area (Å²) < 4.78 is 2.23. The molecule has 0 saturated carbocycles. The molecule has 2 aliphatic carbocycles. The molecule has 0 unspecified atom stereocenters. The van der Waals surface area contributed by atoms with Crippen molar-refractivity contribution in [2.75, 3.05) is 52.1 Å². The summed E-state index contributed by atoms with van der Waals surface area (Å²) in [5, 5.41) is 0. The van der Waals surface area contributed by atoms with Gasteiger partial charge in [0.2, 0.25) is 5.71 Å². The summed E-state index contributed by atoms with van der Waals surface area (Å²) in [7, 11) is 12.7. The summed E-state index contributed by atoms with van der Waals surface area (Å²) in [5.74, 6) is 0. The first-order valence-electron chi connectivity index (χ1n) is 13.8. The normalized spacial score (nSPS) is 13.9. The first-order chi connectivity index (χ1) is 19.3. The Hall–Kier alpha value is -4.63. The zero-order valence-corrected chi connectivity index (χ0v) is 24.2. The molecule has 0 aromatic heterocycles. The van der Waals surface area contributed by atoms with Gasteiger partial charge in [0.15, 0.2) is 0 Å². The summed E-state index contributed by atoms with van der Waals surface area (Å²) in [5.41, 5.74) is 16.3. The van der Waals surface area contributed by atoms with Crippen LogP contribution in [0.2, 0.25) is 0 Å². The van der Waals surface area contributed by atoms with Gasteiger partial charge in [0.25, 0.3) is 0 Å². The van der Waals surface area contributed by atoms with Gasteiger partial charge >= 0.3 is 0 Å². The van der Waals surface area contributed by atoms with E-state index in [4.69, 9.17) is 0 Å². The van der Waals surface area contributed by atoms with E-state index in [1.807, 2.05) is 0 Å². The summed E-state index contributed by atoms with van der Waals surface area (Å²) in [6, 6.07) is 35.3. The number of benzene rings is 4. The fourth-order valence-corrected chi connectivity index (χ4v) is 5.86. The molecule has 0 spiro atoms. The van der Waals surface area contributed by atoms with E-state index in [1.54, 1.807) is 0 Å². The van der Waals surface area contributed by atoms with E-state index in [0.29, 0.717) is 0 Å². The van der Waals surface area contributed by atoms with Crippen LogP contribution >= 0.6 is 0 Å². The van der Waals surface area contributed by atoms with Gasteiger partial charge in [-0.3, -0.25) is 0 Å². The largest absolute Gasteiger partial charge is 0.378 e. The molecular weight excluding hydrogens is 486 g/mol. The molecule has 4 aromatic carbocycles. The van der Waals surface area contributed by atoms with E-state index in [-0.39, 0.29) is 0 Å². The molecule has 3 nitrogen and oxygen atoms in total. The van der Waals surface area contributed by atoms with Crippen LogP contribution in [0.1, 0.15) is 22.3 Å². The molecule has 0 fully saturated rings. The van der Waals surface area contributed by atoms with Crippen molar-refractivity contribution in [3.63, 3.8) is 0 Å². The van der Waals surface area contributed by atoms with Gasteiger partial charge in [-0.1, -0.05) is 72.8 Å². The monoisotopic (exact) mass is 522 g/mol. The number of hydrogen-bond acceptors (Lipinski definition) is 2. The summed E-state index contributed by atoms with van der Waals surface area (Å²) in [6.45, 7) is 0. The maximum absolute atomic E-state index is 2.41. The lowest BCUT2D eigenvalue weighted by molar-refractivity contribution is -0.462. The molecule has 6 rings (SSSR count). The average Bonchev–Trinajstić information content (AvgIpc) is 3.29. The van der Waals surface area contributed by atoms with Crippen LogP contribution in [-0.4, -0.2) is 52.6 Å². The van der Waals surface area contributed by atoms with E-state index < -0.39 is 0 Å². The maximum Gasteiger partial charge on any atom is 0.208 e. The van der Waals surface area contributed by atoms with Crippen LogP contribution in [0.15, 0.2) is 115 Å². The Morgan fingerprint density at radius 2 is 1.15 bits per heavy atom. The lowest BCUT2D eigenvalue weighted by Gasteiger charge is -2.21. The van der Waals surface area contributed by atoms with Crippen molar-refractivity contribution in [3.05, 3.63) is 137 Å². The first kappa shape index (κ1) is 25.6. The number of allylic oxidation sites excluding steroid dienone is 5. The van der Waals surface area contributed by atoms with E-state index in [9.17, 15) is 0 Å². The van der Waals surface area contributed by atoms with Crippen molar-refractivity contribution in [3.8, 4) is 11.1 Å². The minimum absolute atomic E-state index is 1.20. The van der Waals surface area contributed by atoms with Gasteiger partial charge in [-0.2, -0.15) is 0 Å². The van der Waals surface area contributed by atoms with Crippen LogP contribution in [-0.2, 0) is 0 Å². The molecule has 0 amide bonds. The fraction of sp³-hybridized carbons (Fsp3) is 0.162. The lowest BCUT2D eigenvalue weighted by atomic mass is 9.87. The molecule has 0 bridgehead atoms. The van der Waals surface area contributed by atoms with Crippen molar-refractivity contribution >= 4 is 33.8 Å². The Bertz CT molecular complexity index is 1710. The van der Waals surface area contributed by atoms with E-state index >= 15 is 0 Å². The van der Waals surface area contributed by atoms with Crippen LogP contribution in [0, 0.1) is 0 Å². The second-order valence-electron chi connectivity index (χ2n) is 11.2. The minimum Gasteiger partial charge on any atom is -0.378 e. The molecule has 0 saturated heterocycles. The summed E-state index contributed by atoms with van der Waals surface area (Å²) in [4.78, 5) is 4.38. The van der Waals surface area contributed by atoms with Gasteiger partial charge in [-0.25, -0.2) is 4.58 Å². The molecule has 0 atom stereocenters. The number of anilines is 2. The smallest absolute Gasteiger partial charge is 0.208 e. The van der Waals surface area contributed by atoms with Crippen LogP contribution in [0.5, 0.6) is 0 Å². The highest BCUT2D eigenvalue weighted by Crippen LogP contribution is 2.51. The highest BCUT2D eigenvalue weighted by Gasteiger charge is 2.33. The number of rotatable bonds is 5. The number of nitrogens with zero attached hydrogens (tertiary/aromatic N) is 3. The third-order valence-corrected chi connectivity index (χ3v) is 7.91. The molecule has 0 radical (unpaired) electrons. The predicted octanol–water partition coefficient (Wildman–Crippen LogP) is 7.49. The van der Waals surface area contributed by atoms with E-state index in [1.165, 1.54) is 72.8 Å². The number of fused-ring (bicyclic) bond motifs is 3. The topological polar surface area (TPSA) is 9.49 Å². The second-order valence-corrected chi connectivity index (χ2v) is 11.2. The van der Waals surface area contributed by atoms with Crippen LogP contribution in [0.25, 0.3) is 27.8 Å². The van der Waals surface area contributed by atoms with Crippen LogP contribution < -0.4 is 9.80 Å². The van der Waals surface area contributed by atoms with E-state index in [2.05, 4.69) is 166 Å². The van der Waals surface area contributed by atoms with Crippen molar-refractivity contribution in [1.29, 1.82) is 0 Å². The molecule has 0 heterocycles. The Morgan fingerprint density at radius 1 is 0.525 bits per heavy atom. The fourth-order valence-electron chi connectivity index (χ4n) is 5.86. The Labute approximate surface area is 238 Å². The predicted molar refractivity (Wildman–Crippen MR) is 173 cm³/mol. The molecule has 3 heteroatoms. The SMILES string of the molecule is CN(C)c1ccc(C2=C3C=C(c4ccccc4)C(=[N+](C)C)C=C3c3cc(N(C)C)c(-c4ccccc4)cc32)cc1. The molecule has 198 valence electrons. The maximum atomic E-state index is 2.41. The third kappa shape index (κ3) is 4.38. The Balaban J connectivity index is 1.67. The quantitative estimate of drug-likeness (QED) is 0.251. The lowest BCUT2D eigenvalue weighted by Crippen LogP contribution is -2.16. The Morgan fingerprint density at radius 3 is 1.73 bits per heavy atom. The van der Waals surface area contributed by atoms with Gasteiger partial charge in [-0.05, 0) is 74.9 Å². The van der Waals surface area contributed by atoms with Crippen molar-refractivity contribution in [2.45, 2.75) is 0 Å². The van der Waals surface area contributed by atoms with Gasteiger partial charge < -0.3 is 9.80 Å². The molecule has 0 N–H and O–H groups in total. The van der Waals surface area contributed by atoms with Crippen molar-refractivity contribution in [1.82, 2.24) is 0 Å². The summed E-state index contributed by atoms with van der Waals surface area (Å²) >= 11 is 0. The van der Waals surface area contributed by atoms with Crippen molar-refractivity contribution in [2.24, 2.45) is 0 Å². The molecular formula is C37H36N3+. The first-order valence-corrected chi connectivity index (χ1v) is 13.8. The zero-order chi connectivity index (χ0) is 28.0. The van der Waals surface area contributed by atoms with Gasteiger partial charge in [0.1, 0.15) is 14.1 Å². The van der Waals surface area contributed by atoms with Gasteiger partial charge in [0.05, 0.1) is 5.57 Å². The molecule has 2 aliphatic rings. The highest BCUT2D eigenvalue weighted by molar-refractivity contribution is 6.34.